The van der Waals surface area contributed by atoms with Gasteiger partial charge in [-0.15, -0.1) is 0 Å². The Bertz CT molecular complexity index is 490. The van der Waals surface area contributed by atoms with E-state index in [1.807, 2.05) is 6.92 Å². The molecular weight excluding hydrogens is 256 g/mol. The number of ether oxygens (including phenoxy) is 1. The van der Waals surface area contributed by atoms with Gasteiger partial charge in [0.15, 0.2) is 0 Å². The number of carbonyl (C=O) groups is 1. The smallest absolute Gasteiger partial charge is 0.253 e. The Morgan fingerprint density at radius 1 is 1.45 bits per heavy atom. The maximum atomic E-state index is 12.1. The summed E-state index contributed by atoms with van der Waals surface area (Å²) in [4.78, 5) is 16.2. The van der Waals surface area contributed by atoms with Crippen LogP contribution in [0.25, 0.3) is 0 Å². The van der Waals surface area contributed by atoms with Crippen LogP contribution in [0.2, 0.25) is 0 Å². The third-order valence-electron chi connectivity index (χ3n) is 4.63. The van der Waals surface area contributed by atoms with E-state index in [9.17, 15) is 9.90 Å². The molecule has 108 valence electrons. The molecule has 1 aromatic heterocycles. The number of hydrogen-bond acceptors (Lipinski definition) is 4. The zero-order valence-electron chi connectivity index (χ0n) is 11.7. The van der Waals surface area contributed by atoms with Gasteiger partial charge in [-0.2, -0.15) is 0 Å². The van der Waals surface area contributed by atoms with Gasteiger partial charge in [0.05, 0.1) is 18.8 Å². The summed E-state index contributed by atoms with van der Waals surface area (Å²) in [6.07, 6.45) is 3.17. The average molecular weight is 276 g/mol. The van der Waals surface area contributed by atoms with Crippen LogP contribution >= 0.6 is 0 Å². The highest BCUT2D eigenvalue weighted by Crippen LogP contribution is 2.58. The van der Waals surface area contributed by atoms with Crippen molar-refractivity contribution in [3.63, 3.8) is 0 Å². The highest BCUT2D eigenvalue weighted by atomic mass is 16.5. The molecule has 3 rings (SSSR count). The predicted octanol–water partition coefficient (Wildman–Crippen LogP) is 1.23. The van der Waals surface area contributed by atoms with Gasteiger partial charge in [0.25, 0.3) is 5.91 Å². The first-order valence-corrected chi connectivity index (χ1v) is 7.09. The quantitative estimate of drug-likeness (QED) is 0.867. The van der Waals surface area contributed by atoms with Crippen molar-refractivity contribution in [3.05, 3.63) is 23.9 Å². The van der Waals surface area contributed by atoms with Crippen LogP contribution in [0, 0.1) is 17.8 Å². The molecule has 0 aliphatic heterocycles. The third-order valence-corrected chi connectivity index (χ3v) is 4.63. The van der Waals surface area contributed by atoms with Crippen LogP contribution in [0.15, 0.2) is 18.3 Å². The normalized spacial score (nSPS) is 32.4. The second-order valence-electron chi connectivity index (χ2n) is 5.88. The molecule has 1 amide bonds. The number of pyridine rings is 1. The first-order valence-electron chi connectivity index (χ1n) is 7.09. The van der Waals surface area contributed by atoms with Crippen LogP contribution in [0.1, 0.15) is 30.1 Å². The van der Waals surface area contributed by atoms with Gasteiger partial charge in [-0.05, 0) is 43.6 Å². The molecule has 1 aromatic rings. The summed E-state index contributed by atoms with van der Waals surface area (Å²) < 4.78 is 4.97. The van der Waals surface area contributed by atoms with Crippen LogP contribution < -0.4 is 10.1 Å². The zero-order valence-corrected chi connectivity index (χ0v) is 11.7. The number of hydrogen-bond donors (Lipinski definition) is 2. The molecule has 3 atom stereocenters. The summed E-state index contributed by atoms with van der Waals surface area (Å²) in [5.41, 5.74) is 0.545. The standard InChI is InChI=1S/C15H20N2O3/c1-8(14-11-5-10(18)6-12(11)14)17-15(19)9-3-4-13(20-2)16-7-9/h3-4,7-8,10-12,14,18H,5-6H2,1-2H3,(H,17,19). The van der Waals surface area contributed by atoms with Gasteiger partial charge in [0, 0.05) is 18.3 Å². The summed E-state index contributed by atoms with van der Waals surface area (Å²) in [6.45, 7) is 2.05. The molecule has 0 saturated heterocycles. The van der Waals surface area contributed by atoms with Crippen LogP contribution in [0.3, 0.4) is 0 Å². The van der Waals surface area contributed by atoms with Crippen LogP contribution in [0.5, 0.6) is 5.88 Å². The Morgan fingerprint density at radius 2 is 2.15 bits per heavy atom. The number of aliphatic hydroxyl groups is 1. The molecule has 0 aromatic carbocycles. The number of rotatable bonds is 4. The first kappa shape index (κ1) is 13.4. The molecule has 2 saturated carbocycles. The second kappa shape index (κ2) is 5.05. The van der Waals surface area contributed by atoms with Crippen LogP contribution in [-0.4, -0.2) is 35.3 Å². The molecule has 3 unspecified atom stereocenters. The number of fused-ring (bicyclic) bond motifs is 1. The van der Waals surface area contributed by atoms with Crippen LogP contribution in [0.4, 0.5) is 0 Å². The van der Waals surface area contributed by atoms with E-state index in [1.54, 1.807) is 19.2 Å². The Balaban J connectivity index is 1.56. The van der Waals surface area contributed by atoms with Crippen molar-refractivity contribution >= 4 is 5.91 Å². The Morgan fingerprint density at radius 3 is 2.70 bits per heavy atom. The van der Waals surface area contributed by atoms with E-state index in [-0.39, 0.29) is 18.1 Å². The molecule has 20 heavy (non-hydrogen) atoms. The molecule has 5 nitrogen and oxygen atoms in total. The Kier molecular flexibility index (Phi) is 3.38. The highest BCUT2D eigenvalue weighted by molar-refractivity contribution is 5.94. The van der Waals surface area contributed by atoms with E-state index < -0.39 is 0 Å². The minimum atomic E-state index is -0.130. The van der Waals surface area contributed by atoms with E-state index in [1.165, 1.54) is 6.20 Å². The van der Waals surface area contributed by atoms with Gasteiger partial charge in [0.1, 0.15) is 0 Å². The van der Waals surface area contributed by atoms with Crippen LogP contribution in [-0.2, 0) is 0 Å². The van der Waals surface area contributed by atoms with Crippen molar-refractivity contribution in [1.29, 1.82) is 0 Å². The molecule has 0 bridgehead atoms. The number of amides is 1. The number of aromatic nitrogens is 1. The fourth-order valence-electron chi connectivity index (χ4n) is 3.63. The van der Waals surface area contributed by atoms with Gasteiger partial charge in [-0.25, -0.2) is 4.98 Å². The third kappa shape index (κ3) is 2.38. The highest BCUT2D eigenvalue weighted by Gasteiger charge is 2.57. The van der Waals surface area contributed by atoms with Gasteiger partial charge in [-0.3, -0.25) is 4.79 Å². The number of nitrogens with zero attached hydrogens (tertiary/aromatic N) is 1. The van der Waals surface area contributed by atoms with E-state index in [2.05, 4.69) is 10.3 Å². The molecule has 0 spiro atoms. The average Bonchev–Trinajstić information content (AvgIpc) is 2.97. The van der Waals surface area contributed by atoms with Gasteiger partial charge < -0.3 is 15.2 Å². The number of carbonyl (C=O) groups excluding carboxylic acids is 1. The lowest BCUT2D eigenvalue weighted by Crippen LogP contribution is -2.35. The Labute approximate surface area is 118 Å². The van der Waals surface area contributed by atoms with Crippen molar-refractivity contribution < 1.29 is 14.6 Å². The lowest BCUT2D eigenvalue weighted by Gasteiger charge is -2.17. The minimum Gasteiger partial charge on any atom is -0.481 e. The second-order valence-corrected chi connectivity index (χ2v) is 5.88. The van der Waals surface area contributed by atoms with Crippen molar-refractivity contribution in [2.75, 3.05) is 7.11 Å². The molecule has 2 aliphatic carbocycles. The summed E-state index contributed by atoms with van der Waals surface area (Å²) >= 11 is 0. The number of methoxy groups -OCH3 is 1. The summed E-state index contributed by atoms with van der Waals surface area (Å²) in [6, 6.07) is 3.54. The SMILES string of the molecule is COc1ccc(C(=O)NC(C)C2C3CC(O)CC32)cn1. The molecule has 2 N–H and O–H groups in total. The fourth-order valence-corrected chi connectivity index (χ4v) is 3.63. The van der Waals surface area contributed by atoms with E-state index in [4.69, 9.17) is 4.74 Å². The fraction of sp³-hybridized carbons (Fsp3) is 0.600. The molecule has 2 aliphatic rings. The summed E-state index contributed by atoms with van der Waals surface area (Å²) in [7, 11) is 1.55. The Hall–Kier alpha value is -1.62. The van der Waals surface area contributed by atoms with Gasteiger partial charge in [-0.1, -0.05) is 0 Å². The van der Waals surface area contributed by atoms with E-state index >= 15 is 0 Å². The molecule has 0 radical (unpaired) electrons. The number of nitrogens with one attached hydrogen (secondary N) is 1. The predicted molar refractivity (Wildman–Crippen MR) is 73.4 cm³/mol. The lowest BCUT2D eigenvalue weighted by atomic mass is 10.0. The lowest BCUT2D eigenvalue weighted by molar-refractivity contribution is 0.0928. The largest absolute Gasteiger partial charge is 0.481 e. The molecule has 5 heteroatoms. The van der Waals surface area contributed by atoms with E-state index in [0.29, 0.717) is 29.2 Å². The molecule has 2 fully saturated rings. The topological polar surface area (TPSA) is 71.5 Å². The monoisotopic (exact) mass is 276 g/mol. The maximum Gasteiger partial charge on any atom is 0.253 e. The van der Waals surface area contributed by atoms with Gasteiger partial charge in [0.2, 0.25) is 5.88 Å². The van der Waals surface area contributed by atoms with Crippen molar-refractivity contribution in [2.24, 2.45) is 17.8 Å². The first-order chi connectivity index (χ1) is 9.60. The summed E-state index contributed by atoms with van der Waals surface area (Å²) in [5.74, 6) is 2.11. The molecular formula is C15H20N2O3. The maximum absolute atomic E-state index is 12.1. The summed E-state index contributed by atoms with van der Waals surface area (Å²) in [5, 5.41) is 12.6. The van der Waals surface area contributed by atoms with Gasteiger partial charge >= 0.3 is 0 Å². The van der Waals surface area contributed by atoms with Crippen molar-refractivity contribution in [1.82, 2.24) is 10.3 Å². The number of aliphatic hydroxyl groups excluding tert-OH is 1. The molecule has 1 heterocycles. The minimum absolute atomic E-state index is 0.0989. The van der Waals surface area contributed by atoms with E-state index in [0.717, 1.165) is 12.8 Å². The zero-order chi connectivity index (χ0) is 14.3. The van der Waals surface area contributed by atoms with Crippen molar-refractivity contribution in [3.8, 4) is 5.88 Å². The van der Waals surface area contributed by atoms with Crippen molar-refractivity contribution in [2.45, 2.75) is 31.9 Å².